The van der Waals surface area contributed by atoms with Crippen LogP contribution in [0.4, 0.5) is 5.69 Å². The lowest BCUT2D eigenvalue weighted by atomic mass is 10.2. The lowest BCUT2D eigenvalue weighted by molar-refractivity contribution is -0.114. The lowest BCUT2D eigenvalue weighted by Crippen LogP contribution is -2.41. The third-order valence-corrected chi connectivity index (χ3v) is 3.57. The molecule has 3 heterocycles. The monoisotopic (exact) mass is 316 g/mol. The van der Waals surface area contributed by atoms with Crippen molar-refractivity contribution in [2.24, 2.45) is 0 Å². The van der Waals surface area contributed by atoms with Crippen LogP contribution in [0.1, 0.15) is 17.3 Å². The normalized spacial score (nSPS) is 14.7. The Morgan fingerprint density at radius 3 is 2.74 bits per heavy atom. The molecule has 2 aromatic heterocycles. The van der Waals surface area contributed by atoms with Crippen LogP contribution < -0.4 is 10.9 Å². The number of nitrogens with zero attached hydrogens (tertiary/aromatic N) is 3. The molecule has 1 N–H and O–H groups in total. The Labute approximate surface area is 131 Å². The number of hydrogen-bond donors (Lipinski definition) is 1. The van der Waals surface area contributed by atoms with Gasteiger partial charge in [-0.2, -0.15) is 0 Å². The molecule has 0 aliphatic carbocycles. The Hall–Kier alpha value is -2.74. The average molecular weight is 316 g/mol. The van der Waals surface area contributed by atoms with Gasteiger partial charge in [0.2, 0.25) is 5.91 Å². The zero-order valence-corrected chi connectivity index (χ0v) is 12.6. The van der Waals surface area contributed by atoms with Gasteiger partial charge in [-0.1, -0.05) is 0 Å². The Bertz CT molecular complexity index is 824. The fraction of sp³-hybridized carbons (Fsp3) is 0.333. The maximum absolute atomic E-state index is 12.6. The minimum Gasteiger partial charge on any atom is -0.378 e. The fourth-order valence-corrected chi connectivity index (χ4v) is 2.49. The standard InChI is InChI=1S/C15H16N4O4/c1-10(20)17-12-9-16-13-11(3-2-4-19(13)15(12)22)14(21)18-5-7-23-8-6-18/h2-4,9H,5-8H2,1H3,(H,17,20). The van der Waals surface area contributed by atoms with Crippen molar-refractivity contribution in [3.8, 4) is 0 Å². The topological polar surface area (TPSA) is 93.0 Å². The summed E-state index contributed by atoms with van der Waals surface area (Å²) in [5, 5.41) is 2.43. The first-order chi connectivity index (χ1) is 11.1. The molecule has 0 saturated carbocycles. The molecule has 8 heteroatoms. The SMILES string of the molecule is CC(=O)Nc1cnc2c(C(=O)N3CCOCC3)cccn2c1=O. The van der Waals surface area contributed by atoms with Crippen molar-refractivity contribution in [1.82, 2.24) is 14.3 Å². The van der Waals surface area contributed by atoms with E-state index in [9.17, 15) is 14.4 Å². The second-order valence-corrected chi connectivity index (χ2v) is 5.18. The van der Waals surface area contributed by atoms with E-state index < -0.39 is 5.56 Å². The second kappa shape index (κ2) is 6.17. The van der Waals surface area contributed by atoms with Crippen LogP contribution in [0.15, 0.2) is 29.3 Å². The van der Waals surface area contributed by atoms with Crippen LogP contribution in [-0.4, -0.2) is 52.4 Å². The summed E-state index contributed by atoms with van der Waals surface area (Å²) in [4.78, 5) is 42.0. The Balaban J connectivity index is 2.05. The van der Waals surface area contributed by atoms with Crippen molar-refractivity contribution in [3.63, 3.8) is 0 Å². The predicted octanol–water partition coefficient (Wildman–Crippen LogP) is 0.125. The molecular weight excluding hydrogens is 300 g/mol. The van der Waals surface area contributed by atoms with Crippen LogP contribution in [0.5, 0.6) is 0 Å². The van der Waals surface area contributed by atoms with Gasteiger partial charge in [0.1, 0.15) is 5.69 Å². The number of amides is 2. The molecule has 1 aliphatic heterocycles. The number of carbonyl (C=O) groups excluding carboxylic acids is 2. The van der Waals surface area contributed by atoms with E-state index in [1.54, 1.807) is 17.0 Å². The van der Waals surface area contributed by atoms with Crippen molar-refractivity contribution in [1.29, 1.82) is 0 Å². The quantitative estimate of drug-likeness (QED) is 0.850. The highest BCUT2D eigenvalue weighted by Gasteiger charge is 2.21. The number of rotatable bonds is 2. The van der Waals surface area contributed by atoms with Crippen molar-refractivity contribution >= 4 is 23.1 Å². The van der Waals surface area contributed by atoms with Crippen LogP contribution in [0.3, 0.4) is 0 Å². The third kappa shape index (κ3) is 2.93. The summed E-state index contributed by atoms with van der Waals surface area (Å²) < 4.78 is 6.50. The molecule has 0 unspecified atom stereocenters. The molecule has 3 rings (SSSR count). The van der Waals surface area contributed by atoms with Crippen LogP contribution in [-0.2, 0) is 9.53 Å². The van der Waals surface area contributed by atoms with E-state index in [0.717, 1.165) is 0 Å². The van der Waals surface area contributed by atoms with Gasteiger partial charge >= 0.3 is 0 Å². The number of pyridine rings is 1. The molecule has 0 aromatic carbocycles. The third-order valence-electron chi connectivity index (χ3n) is 3.57. The van der Waals surface area contributed by atoms with Crippen molar-refractivity contribution in [2.75, 3.05) is 31.6 Å². The van der Waals surface area contributed by atoms with E-state index in [1.165, 1.54) is 23.7 Å². The molecule has 1 fully saturated rings. The van der Waals surface area contributed by atoms with Crippen molar-refractivity contribution in [3.05, 3.63) is 40.4 Å². The first-order valence-electron chi connectivity index (χ1n) is 7.23. The van der Waals surface area contributed by atoms with Crippen molar-refractivity contribution in [2.45, 2.75) is 6.92 Å². The minimum absolute atomic E-state index is 0.0750. The first-order valence-corrected chi connectivity index (χ1v) is 7.23. The van der Waals surface area contributed by atoms with E-state index in [1.807, 2.05) is 0 Å². The maximum atomic E-state index is 12.6. The van der Waals surface area contributed by atoms with E-state index in [-0.39, 0.29) is 23.1 Å². The summed E-state index contributed by atoms with van der Waals surface area (Å²) in [6, 6.07) is 3.25. The summed E-state index contributed by atoms with van der Waals surface area (Å²) in [6.45, 7) is 3.32. The number of morpholine rings is 1. The summed E-state index contributed by atoms with van der Waals surface area (Å²) in [5.41, 5.74) is 0.261. The van der Waals surface area contributed by atoms with Gasteiger partial charge in [0.15, 0.2) is 5.65 Å². The number of fused-ring (bicyclic) bond motifs is 1. The van der Waals surface area contributed by atoms with E-state index in [2.05, 4.69) is 10.3 Å². The zero-order valence-electron chi connectivity index (χ0n) is 12.6. The highest BCUT2D eigenvalue weighted by atomic mass is 16.5. The summed E-state index contributed by atoms with van der Waals surface area (Å²) >= 11 is 0. The molecule has 0 radical (unpaired) electrons. The van der Waals surface area contributed by atoms with E-state index >= 15 is 0 Å². The number of hydrogen-bond acceptors (Lipinski definition) is 5. The van der Waals surface area contributed by atoms with Gasteiger partial charge in [-0.15, -0.1) is 0 Å². The molecule has 2 aromatic rings. The number of nitrogens with one attached hydrogen (secondary N) is 1. The van der Waals surface area contributed by atoms with Gasteiger partial charge in [0.05, 0.1) is 25.0 Å². The van der Waals surface area contributed by atoms with Crippen LogP contribution in [0.25, 0.3) is 5.65 Å². The number of aromatic nitrogens is 2. The molecule has 8 nitrogen and oxygen atoms in total. The lowest BCUT2D eigenvalue weighted by Gasteiger charge is -2.27. The second-order valence-electron chi connectivity index (χ2n) is 5.18. The van der Waals surface area contributed by atoms with Gasteiger partial charge in [-0.3, -0.25) is 18.8 Å². The zero-order chi connectivity index (χ0) is 16.4. The summed E-state index contributed by atoms with van der Waals surface area (Å²) in [5.74, 6) is -0.546. The first kappa shape index (κ1) is 15.2. The average Bonchev–Trinajstić information content (AvgIpc) is 2.57. The van der Waals surface area contributed by atoms with Crippen molar-refractivity contribution < 1.29 is 14.3 Å². The largest absolute Gasteiger partial charge is 0.378 e. The van der Waals surface area contributed by atoms with Gasteiger partial charge < -0.3 is 15.0 Å². The van der Waals surface area contributed by atoms with Gasteiger partial charge in [-0.05, 0) is 12.1 Å². The summed E-state index contributed by atoms with van der Waals surface area (Å²) in [7, 11) is 0. The smallest absolute Gasteiger partial charge is 0.281 e. The molecule has 0 spiro atoms. The fourth-order valence-electron chi connectivity index (χ4n) is 2.49. The molecule has 120 valence electrons. The van der Waals surface area contributed by atoms with Crippen LogP contribution in [0.2, 0.25) is 0 Å². The highest BCUT2D eigenvalue weighted by Crippen LogP contribution is 2.12. The number of anilines is 1. The van der Waals surface area contributed by atoms with Gasteiger partial charge in [-0.25, -0.2) is 4.98 Å². The number of carbonyl (C=O) groups is 2. The maximum Gasteiger partial charge on any atom is 0.281 e. The molecule has 0 atom stereocenters. The summed E-state index contributed by atoms with van der Waals surface area (Å²) in [6.07, 6.45) is 2.79. The molecular formula is C15H16N4O4. The molecule has 2 amide bonds. The Kier molecular flexibility index (Phi) is 4.07. The molecule has 1 aliphatic rings. The molecule has 0 bridgehead atoms. The van der Waals surface area contributed by atoms with Gasteiger partial charge in [0, 0.05) is 26.2 Å². The minimum atomic E-state index is -0.429. The molecule has 1 saturated heterocycles. The Morgan fingerprint density at radius 1 is 1.30 bits per heavy atom. The van der Waals surface area contributed by atoms with Crippen LogP contribution >= 0.6 is 0 Å². The van der Waals surface area contributed by atoms with E-state index in [0.29, 0.717) is 31.9 Å². The number of ether oxygens (including phenoxy) is 1. The highest BCUT2D eigenvalue weighted by molar-refractivity contribution is 6.00. The van der Waals surface area contributed by atoms with Gasteiger partial charge in [0.25, 0.3) is 11.5 Å². The Morgan fingerprint density at radius 2 is 2.04 bits per heavy atom. The molecule has 23 heavy (non-hydrogen) atoms. The van der Waals surface area contributed by atoms with Crippen LogP contribution in [0, 0.1) is 0 Å². The van der Waals surface area contributed by atoms with E-state index in [4.69, 9.17) is 4.74 Å². The predicted molar refractivity (Wildman–Crippen MR) is 82.5 cm³/mol.